The molecule has 0 saturated carbocycles. The van der Waals surface area contributed by atoms with Crippen LogP contribution in [0.4, 0.5) is 0 Å². The van der Waals surface area contributed by atoms with Crippen molar-refractivity contribution in [2.45, 2.75) is 24.1 Å². The van der Waals surface area contributed by atoms with Gasteiger partial charge in [-0.1, -0.05) is 12.1 Å². The van der Waals surface area contributed by atoms with Crippen LogP contribution in [0, 0.1) is 13.8 Å². The fourth-order valence-corrected chi connectivity index (χ4v) is 4.07. The molecule has 2 aromatic rings. The van der Waals surface area contributed by atoms with Crippen LogP contribution in [-0.2, 0) is 9.84 Å². The molecule has 1 heterocycles. The van der Waals surface area contributed by atoms with Crippen LogP contribution in [0.2, 0.25) is 0 Å². The van der Waals surface area contributed by atoms with E-state index >= 15 is 0 Å². The van der Waals surface area contributed by atoms with E-state index in [4.69, 9.17) is 11.6 Å². The van der Waals surface area contributed by atoms with Gasteiger partial charge in [-0.05, 0) is 43.2 Å². The molecule has 1 aromatic carbocycles. The summed E-state index contributed by atoms with van der Waals surface area (Å²) in [5, 5.41) is -0.229. The summed E-state index contributed by atoms with van der Waals surface area (Å²) in [6.07, 6.45) is 1.20. The molecule has 5 heteroatoms. The van der Waals surface area contributed by atoms with Crippen molar-refractivity contribution in [3.8, 4) is 0 Å². The minimum Gasteiger partial charge on any atom is -0.224 e. The van der Waals surface area contributed by atoms with Gasteiger partial charge in [0.05, 0.1) is 10.3 Å². The summed E-state index contributed by atoms with van der Waals surface area (Å²) in [5.41, 5.74) is 2.09. The zero-order chi connectivity index (χ0) is 14.2. The van der Waals surface area contributed by atoms with E-state index in [1.54, 1.807) is 35.6 Å². The van der Waals surface area contributed by atoms with Gasteiger partial charge in [0.25, 0.3) is 0 Å². The molecule has 0 aliphatic heterocycles. The molecule has 0 saturated heterocycles. The Balaban J connectivity index is 2.35. The lowest BCUT2D eigenvalue weighted by molar-refractivity contribution is 0.602. The second-order valence-electron chi connectivity index (χ2n) is 4.61. The van der Waals surface area contributed by atoms with Crippen LogP contribution in [0.3, 0.4) is 0 Å². The third-order valence-electron chi connectivity index (χ3n) is 2.91. The Bertz CT molecular complexity index is 685. The summed E-state index contributed by atoms with van der Waals surface area (Å²) < 4.78 is 22.8. The number of hydrogen-bond donors (Lipinski definition) is 0. The van der Waals surface area contributed by atoms with Crippen LogP contribution in [0.15, 0.2) is 35.2 Å². The highest BCUT2D eigenvalue weighted by Gasteiger charge is 2.16. The van der Waals surface area contributed by atoms with Crippen LogP contribution in [-0.4, -0.2) is 14.7 Å². The van der Waals surface area contributed by atoms with E-state index in [1.807, 2.05) is 6.92 Å². The Hall–Kier alpha value is -0.840. The molecule has 0 spiro atoms. The van der Waals surface area contributed by atoms with Crippen LogP contribution >= 0.6 is 22.9 Å². The maximum Gasteiger partial charge on any atom is 0.175 e. The van der Waals surface area contributed by atoms with Crippen molar-refractivity contribution in [3.05, 3.63) is 51.2 Å². The molecule has 102 valence electrons. The first-order valence-electron chi connectivity index (χ1n) is 5.80. The molecule has 0 N–H and O–H groups in total. The normalized spacial score (nSPS) is 13.5. The number of benzene rings is 1. The third-order valence-corrected chi connectivity index (χ3v) is 5.86. The van der Waals surface area contributed by atoms with Gasteiger partial charge in [-0.15, -0.1) is 22.9 Å². The van der Waals surface area contributed by atoms with Crippen molar-refractivity contribution < 1.29 is 8.42 Å². The first-order chi connectivity index (χ1) is 8.79. The molecule has 0 aliphatic rings. The van der Waals surface area contributed by atoms with Gasteiger partial charge in [0, 0.05) is 16.0 Å². The number of aryl methyl sites for hydroxylation is 2. The summed E-state index contributed by atoms with van der Waals surface area (Å²) in [5.74, 6) is 0. The predicted octanol–water partition coefficient (Wildman–Crippen LogP) is 4.10. The van der Waals surface area contributed by atoms with Gasteiger partial charge >= 0.3 is 0 Å². The van der Waals surface area contributed by atoms with E-state index < -0.39 is 9.84 Å². The topological polar surface area (TPSA) is 34.1 Å². The fraction of sp³-hybridized carbons (Fsp3) is 0.286. The average Bonchev–Trinajstić information content (AvgIpc) is 2.66. The number of rotatable bonds is 3. The summed E-state index contributed by atoms with van der Waals surface area (Å²) in [6.45, 7) is 4.09. The van der Waals surface area contributed by atoms with E-state index in [-0.39, 0.29) is 5.38 Å². The second kappa shape index (κ2) is 5.27. The van der Waals surface area contributed by atoms with Crippen molar-refractivity contribution in [3.63, 3.8) is 0 Å². The van der Waals surface area contributed by atoms with E-state index in [2.05, 4.69) is 13.0 Å². The Morgan fingerprint density at radius 3 is 2.16 bits per heavy atom. The van der Waals surface area contributed by atoms with E-state index in [0.717, 1.165) is 10.4 Å². The van der Waals surface area contributed by atoms with Crippen LogP contribution in [0.1, 0.15) is 26.3 Å². The quantitative estimate of drug-likeness (QED) is 0.799. The van der Waals surface area contributed by atoms with Gasteiger partial charge in [0.15, 0.2) is 9.84 Å². The highest BCUT2D eigenvalue weighted by Crippen LogP contribution is 2.36. The van der Waals surface area contributed by atoms with Crippen LogP contribution in [0.25, 0.3) is 0 Å². The van der Waals surface area contributed by atoms with Crippen molar-refractivity contribution in [1.82, 2.24) is 0 Å². The zero-order valence-electron chi connectivity index (χ0n) is 11.0. The SMILES string of the molecule is Cc1cc(C)c(C(Cl)c2ccc(S(C)(=O)=O)cc2)s1. The van der Waals surface area contributed by atoms with Crippen LogP contribution in [0.5, 0.6) is 0 Å². The first kappa shape index (κ1) is 14.6. The largest absolute Gasteiger partial charge is 0.224 e. The van der Waals surface area contributed by atoms with Gasteiger partial charge < -0.3 is 0 Å². The molecule has 0 aliphatic carbocycles. The maximum atomic E-state index is 11.4. The summed E-state index contributed by atoms with van der Waals surface area (Å²) in [4.78, 5) is 2.66. The first-order valence-corrected chi connectivity index (χ1v) is 8.94. The molecule has 1 unspecified atom stereocenters. The third kappa shape index (κ3) is 3.19. The van der Waals surface area contributed by atoms with E-state index in [0.29, 0.717) is 4.90 Å². The highest BCUT2D eigenvalue weighted by molar-refractivity contribution is 7.90. The molecule has 0 amide bonds. The van der Waals surface area contributed by atoms with E-state index in [1.165, 1.54) is 16.7 Å². The molecule has 1 atom stereocenters. The minimum absolute atomic E-state index is 0.229. The number of thiophene rings is 1. The van der Waals surface area contributed by atoms with E-state index in [9.17, 15) is 8.42 Å². The van der Waals surface area contributed by atoms with Crippen LogP contribution < -0.4 is 0 Å². The van der Waals surface area contributed by atoms with Gasteiger partial charge in [-0.2, -0.15) is 0 Å². The lowest BCUT2D eigenvalue weighted by Gasteiger charge is -2.10. The van der Waals surface area contributed by atoms with Crippen molar-refractivity contribution in [1.29, 1.82) is 0 Å². The molecular formula is C14H15ClO2S2. The molecule has 1 aromatic heterocycles. The highest BCUT2D eigenvalue weighted by atomic mass is 35.5. The molecule has 2 rings (SSSR count). The van der Waals surface area contributed by atoms with Gasteiger partial charge in [-0.25, -0.2) is 8.42 Å². The molecule has 0 fully saturated rings. The predicted molar refractivity (Wildman–Crippen MR) is 81.0 cm³/mol. The Morgan fingerprint density at radius 1 is 1.16 bits per heavy atom. The molecule has 2 nitrogen and oxygen atoms in total. The molecule has 0 bridgehead atoms. The monoisotopic (exact) mass is 314 g/mol. The van der Waals surface area contributed by atoms with Crippen molar-refractivity contribution in [2.24, 2.45) is 0 Å². The van der Waals surface area contributed by atoms with Crippen molar-refractivity contribution in [2.75, 3.05) is 6.26 Å². The smallest absolute Gasteiger partial charge is 0.175 e. The minimum atomic E-state index is -3.15. The summed E-state index contributed by atoms with van der Waals surface area (Å²) in [6, 6.07) is 8.89. The Labute approximate surface area is 123 Å². The standard InChI is InChI=1S/C14H15ClO2S2/c1-9-8-10(2)18-14(9)13(15)11-4-6-12(7-5-11)19(3,16)17/h4-8,13H,1-3H3. The second-order valence-corrected chi connectivity index (χ2v) is 8.35. The molecular weight excluding hydrogens is 300 g/mol. The maximum absolute atomic E-state index is 11.4. The van der Waals surface area contributed by atoms with Crippen molar-refractivity contribution >= 4 is 32.8 Å². The average molecular weight is 315 g/mol. The number of alkyl halides is 1. The Morgan fingerprint density at radius 2 is 1.74 bits per heavy atom. The van der Waals surface area contributed by atoms with Gasteiger partial charge in [0.1, 0.15) is 0 Å². The number of sulfone groups is 1. The zero-order valence-corrected chi connectivity index (χ0v) is 13.4. The lowest BCUT2D eigenvalue weighted by atomic mass is 10.1. The fourth-order valence-electron chi connectivity index (χ4n) is 1.95. The summed E-state index contributed by atoms with van der Waals surface area (Å²) >= 11 is 8.15. The molecule has 19 heavy (non-hydrogen) atoms. The lowest BCUT2D eigenvalue weighted by Crippen LogP contribution is -1.98. The van der Waals surface area contributed by atoms with Gasteiger partial charge in [0.2, 0.25) is 0 Å². The molecule has 0 radical (unpaired) electrons. The Kier molecular flexibility index (Phi) is 4.04. The number of halogens is 1. The van der Waals surface area contributed by atoms with Gasteiger partial charge in [-0.3, -0.25) is 0 Å². The number of hydrogen-bond acceptors (Lipinski definition) is 3. The summed E-state index contributed by atoms with van der Waals surface area (Å²) in [7, 11) is -3.15.